The van der Waals surface area contributed by atoms with Crippen molar-refractivity contribution < 1.29 is 23.7 Å². The molecule has 0 amide bonds. The van der Waals surface area contributed by atoms with Crippen LogP contribution in [0.15, 0.2) is 54.6 Å². The normalized spacial score (nSPS) is 14.0. The van der Waals surface area contributed by atoms with Gasteiger partial charge in [0.2, 0.25) is 6.79 Å². The predicted molar refractivity (Wildman–Crippen MR) is 155 cm³/mol. The lowest BCUT2D eigenvalue weighted by atomic mass is 10.00. The fraction of sp³-hybridized carbons (Fsp3) is 0.455. The summed E-state index contributed by atoms with van der Waals surface area (Å²) in [5.74, 6) is 6.28. The van der Waals surface area contributed by atoms with Gasteiger partial charge in [0.15, 0.2) is 23.0 Å². The van der Waals surface area contributed by atoms with E-state index >= 15 is 0 Å². The molecule has 6 rings (SSSR count). The van der Waals surface area contributed by atoms with Crippen LogP contribution in [0.4, 0.5) is 0 Å². The summed E-state index contributed by atoms with van der Waals surface area (Å²) >= 11 is 0. The van der Waals surface area contributed by atoms with E-state index in [4.69, 9.17) is 23.7 Å². The van der Waals surface area contributed by atoms with Gasteiger partial charge in [0.1, 0.15) is 19.0 Å². The van der Waals surface area contributed by atoms with Crippen LogP contribution in [0.2, 0.25) is 0 Å². The van der Waals surface area contributed by atoms with Gasteiger partial charge in [0.25, 0.3) is 0 Å². The zero-order valence-electron chi connectivity index (χ0n) is 23.0. The lowest BCUT2D eigenvalue weighted by Crippen LogP contribution is -2.15. The maximum atomic E-state index is 5.49. The van der Waals surface area contributed by atoms with E-state index in [0.717, 1.165) is 41.8 Å². The summed E-state index contributed by atoms with van der Waals surface area (Å²) in [4.78, 5) is 0. The van der Waals surface area contributed by atoms with E-state index in [1.165, 1.54) is 22.3 Å². The standard InChI is InChI=1S/C11H14O2.C11H14O.C10H12O2.CH4/c1-8(2)9-3-4-10-11(7-9)13-6-5-12-10;1-8(2)9-3-4-11-10(7-9)5-6-12-11;1-7(2)8-3-4-9-10(5-8)12-6-11-9;/h3-4,7-8H,5-6H2,1-2H3;3-4,7-8H,5-6H2,1-2H3;3-5,7H,6H2,1-2H3;1H4. The Kier molecular flexibility index (Phi) is 10.3. The van der Waals surface area contributed by atoms with Gasteiger partial charge in [-0.25, -0.2) is 0 Å². The zero-order chi connectivity index (χ0) is 26.4. The van der Waals surface area contributed by atoms with Gasteiger partial charge >= 0.3 is 0 Å². The Hall–Kier alpha value is -3.34. The molecule has 3 aromatic rings. The van der Waals surface area contributed by atoms with Gasteiger partial charge in [-0.1, -0.05) is 73.2 Å². The molecule has 0 spiro atoms. The average Bonchev–Trinajstić information content (AvgIpc) is 3.57. The molecule has 5 heteroatoms. The van der Waals surface area contributed by atoms with Crippen LogP contribution in [-0.4, -0.2) is 26.6 Å². The Morgan fingerprint density at radius 1 is 0.474 bits per heavy atom. The highest BCUT2D eigenvalue weighted by atomic mass is 16.7. The number of hydrogen-bond donors (Lipinski definition) is 0. The minimum Gasteiger partial charge on any atom is -0.493 e. The maximum Gasteiger partial charge on any atom is 0.231 e. The molecule has 0 saturated carbocycles. The van der Waals surface area contributed by atoms with Crippen LogP contribution < -0.4 is 23.7 Å². The summed E-state index contributed by atoms with van der Waals surface area (Å²) in [5.41, 5.74) is 5.38. The molecule has 0 atom stereocenters. The molecule has 0 radical (unpaired) electrons. The van der Waals surface area contributed by atoms with Crippen LogP contribution in [-0.2, 0) is 6.42 Å². The van der Waals surface area contributed by atoms with Gasteiger partial charge in [0.05, 0.1) is 6.61 Å². The second-order valence-corrected chi connectivity index (χ2v) is 10.4. The monoisotopic (exact) mass is 520 g/mol. The van der Waals surface area contributed by atoms with E-state index < -0.39 is 0 Å². The molecule has 0 aromatic heterocycles. The summed E-state index contributed by atoms with van der Waals surface area (Å²) < 4.78 is 26.8. The van der Waals surface area contributed by atoms with E-state index in [-0.39, 0.29) is 7.43 Å². The van der Waals surface area contributed by atoms with E-state index in [2.05, 4.69) is 77.9 Å². The number of rotatable bonds is 3. The molecule has 3 aliphatic heterocycles. The molecule has 0 fully saturated rings. The number of ether oxygens (including phenoxy) is 5. The molecule has 206 valence electrons. The van der Waals surface area contributed by atoms with E-state index in [1.54, 1.807) is 0 Å². The first-order chi connectivity index (χ1) is 17.8. The van der Waals surface area contributed by atoms with Crippen molar-refractivity contribution in [1.29, 1.82) is 0 Å². The van der Waals surface area contributed by atoms with Gasteiger partial charge in [-0.3, -0.25) is 0 Å². The predicted octanol–water partition coefficient (Wildman–Crippen LogP) is 8.50. The Labute approximate surface area is 229 Å². The smallest absolute Gasteiger partial charge is 0.231 e. The van der Waals surface area contributed by atoms with Crippen molar-refractivity contribution in [2.45, 2.75) is 73.1 Å². The van der Waals surface area contributed by atoms with Crippen molar-refractivity contribution in [2.75, 3.05) is 26.6 Å². The Balaban J connectivity index is 0.000000156. The third-order valence-electron chi connectivity index (χ3n) is 6.68. The summed E-state index contributed by atoms with van der Waals surface area (Å²) in [6, 6.07) is 18.8. The highest BCUT2D eigenvalue weighted by Gasteiger charge is 2.15. The number of fused-ring (bicyclic) bond motifs is 3. The number of benzene rings is 3. The van der Waals surface area contributed by atoms with E-state index in [9.17, 15) is 0 Å². The minimum atomic E-state index is 0. The first kappa shape index (κ1) is 29.2. The van der Waals surface area contributed by atoms with Crippen LogP contribution in [0, 0.1) is 0 Å². The second kappa shape index (κ2) is 13.5. The molecular formula is C33H44O5. The van der Waals surface area contributed by atoms with Gasteiger partial charge in [-0.05, 0) is 70.3 Å². The highest BCUT2D eigenvalue weighted by molar-refractivity contribution is 5.46. The third-order valence-corrected chi connectivity index (χ3v) is 6.68. The molecule has 3 aromatic carbocycles. The van der Waals surface area contributed by atoms with Crippen LogP contribution >= 0.6 is 0 Å². The Morgan fingerprint density at radius 3 is 1.47 bits per heavy atom. The molecule has 5 nitrogen and oxygen atoms in total. The highest BCUT2D eigenvalue weighted by Crippen LogP contribution is 2.35. The molecule has 0 bridgehead atoms. The van der Waals surface area contributed by atoms with Crippen LogP contribution in [0.5, 0.6) is 28.7 Å². The molecule has 38 heavy (non-hydrogen) atoms. The molecule has 0 aliphatic carbocycles. The number of hydrogen-bond acceptors (Lipinski definition) is 5. The van der Waals surface area contributed by atoms with Crippen molar-refractivity contribution in [3.05, 3.63) is 76.9 Å². The fourth-order valence-corrected chi connectivity index (χ4v) is 4.26. The lowest BCUT2D eigenvalue weighted by molar-refractivity contribution is 0.171. The summed E-state index contributed by atoms with van der Waals surface area (Å²) in [5, 5.41) is 0. The Morgan fingerprint density at radius 2 is 0.895 bits per heavy atom. The van der Waals surface area contributed by atoms with Crippen molar-refractivity contribution >= 4 is 0 Å². The summed E-state index contributed by atoms with van der Waals surface area (Å²) in [6.45, 7) is 15.7. The first-order valence-corrected chi connectivity index (χ1v) is 13.4. The minimum absolute atomic E-state index is 0. The van der Waals surface area contributed by atoms with Crippen molar-refractivity contribution in [2.24, 2.45) is 0 Å². The topological polar surface area (TPSA) is 46.2 Å². The maximum absolute atomic E-state index is 5.49. The molecule has 0 saturated heterocycles. The van der Waals surface area contributed by atoms with Crippen LogP contribution in [0.1, 0.15) is 89.0 Å². The average molecular weight is 521 g/mol. The molecular weight excluding hydrogens is 476 g/mol. The van der Waals surface area contributed by atoms with Crippen molar-refractivity contribution in [3.63, 3.8) is 0 Å². The molecule has 3 aliphatic rings. The first-order valence-electron chi connectivity index (χ1n) is 13.4. The second-order valence-electron chi connectivity index (χ2n) is 10.4. The lowest BCUT2D eigenvalue weighted by Gasteiger charge is -2.19. The fourth-order valence-electron chi connectivity index (χ4n) is 4.26. The van der Waals surface area contributed by atoms with Crippen LogP contribution in [0.25, 0.3) is 0 Å². The third kappa shape index (κ3) is 7.37. The van der Waals surface area contributed by atoms with Crippen molar-refractivity contribution in [3.8, 4) is 28.7 Å². The Bertz CT molecular complexity index is 1120. The molecule has 0 N–H and O–H groups in total. The van der Waals surface area contributed by atoms with Crippen molar-refractivity contribution in [1.82, 2.24) is 0 Å². The zero-order valence-corrected chi connectivity index (χ0v) is 23.0. The summed E-state index contributed by atoms with van der Waals surface area (Å²) in [6.07, 6.45) is 1.08. The molecule has 3 heterocycles. The quantitative estimate of drug-likeness (QED) is 0.346. The molecule has 0 unspecified atom stereocenters. The van der Waals surface area contributed by atoms with Gasteiger partial charge in [-0.2, -0.15) is 0 Å². The summed E-state index contributed by atoms with van der Waals surface area (Å²) in [7, 11) is 0. The van der Waals surface area contributed by atoms with Gasteiger partial charge < -0.3 is 23.7 Å². The largest absolute Gasteiger partial charge is 0.493 e. The SMILES string of the molecule is C.CC(C)c1ccc2c(c1)CCO2.CC(C)c1ccc2c(c1)OCCO2.CC(C)c1ccc2c(c1)OCO2. The van der Waals surface area contributed by atoms with Gasteiger partial charge in [0, 0.05) is 6.42 Å². The van der Waals surface area contributed by atoms with E-state index in [0.29, 0.717) is 37.8 Å². The van der Waals surface area contributed by atoms with Crippen LogP contribution in [0.3, 0.4) is 0 Å². The van der Waals surface area contributed by atoms with Gasteiger partial charge in [-0.15, -0.1) is 0 Å². The van der Waals surface area contributed by atoms with E-state index in [1.807, 2.05) is 18.2 Å².